The Hall–Kier alpha value is -2.08. The molecule has 0 unspecified atom stereocenters. The summed E-state index contributed by atoms with van der Waals surface area (Å²) in [5.41, 5.74) is 9.01. The Kier molecular flexibility index (Phi) is 3.03. The van der Waals surface area contributed by atoms with E-state index in [1.807, 2.05) is 0 Å². The Bertz CT molecular complexity index is 701. The normalized spacial score (nSPS) is 16.4. The standard InChI is InChI=1S/C21H20/c1-15-7-6-8-16(15)13-14-21-19-11-4-2-9-17(19)18-10-3-5-12-20(18)21/h2-7,9-12,21H,8,13-14H2,1H3. The van der Waals surface area contributed by atoms with Crippen LogP contribution in [0.5, 0.6) is 0 Å². The van der Waals surface area contributed by atoms with Crippen molar-refractivity contribution < 1.29 is 0 Å². The summed E-state index contributed by atoms with van der Waals surface area (Å²) in [7, 11) is 0. The molecule has 0 amide bonds. The van der Waals surface area contributed by atoms with Gasteiger partial charge in [0.1, 0.15) is 0 Å². The van der Waals surface area contributed by atoms with Gasteiger partial charge >= 0.3 is 0 Å². The van der Waals surface area contributed by atoms with E-state index in [9.17, 15) is 0 Å². The van der Waals surface area contributed by atoms with E-state index in [4.69, 9.17) is 0 Å². The van der Waals surface area contributed by atoms with Crippen LogP contribution >= 0.6 is 0 Å². The van der Waals surface area contributed by atoms with Gasteiger partial charge in [0.25, 0.3) is 0 Å². The number of hydrogen-bond acceptors (Lipinski definition) is 0. The van der Waals surface area contributed by atoms with Crippen molar-refractivity contribution in [2.24, 2.45) is 0 Å². The molecule has 0 heterocycles. The topological polar surface area (TPSA) is 0 Å². The van der Waals surface area contributed by atoms with E-state index in [2.05, 4.69) is 67.6 Å². The first-order chi connectivity index (χ1) is 10.3. The molecule has 104 valence electrons. The number of fused-ring (bicyclic) bond motifs is 3. The third-order valence-electron chi connectivity index (χ3n) is 4.99. The van der Waals surface area contributed by atoms with Gasteiger partial charge in [-0.2, -0.15) is 0 Å². The summed E-state index contributed by atoms with van der Waals surface area (Å²) in [6.45, 7) is 2.25. The van der Waals surface area contributed by atoms with Crippen molar-refractivity contribution in [1.29, 1.82) is 0 Å². The van der Waals surface area contributed by atoms with Crippen molar-refractivity contribution in [2.75, 3.05) is 0 Å². The molecule has 0 radical (unpaired) electrons. The van der Waals surface area contributed by atoms with Crippen LogP contribution in [-0.2, 0) is 0 Å². The summed E-state index contributed by atoms with van der Waals surface area (Å²) in [5.74, 6) is 0.568. The van der Waals surface area contributed by atoms with Gasteiger partial charge < -0.3 is 0 Å². The highest BCUT2D eigenvalue weighted by Gasteiger charge is 2.27. The van der Waals surface area contributed by atoms with Crippen LogP contribution in [0.15, 0.2) is 71.8 Å². The van der Waals surface area contributed by atoms with Crippen molar-refractivity contribution in [3.05, 3.63) is 83.0 Å². The van der Waals surface area contributed by atoms with E-state index >= 15 is 0 Å². The Morgan fingerprint density at radius 2 is 1.52 bits per heavy atom. The molecule has 4 rings (SSSR count). The SMILES string of the molecule is CC1=C(CCC2c3ccccc3-c3ccccc32)CC=C1. The van der Waals surface area contributed by atoms with E-state index in [1.54, 1.807) is 5.57 Å². The lowest BCUT2D eigenvalue weighted by Crippen LogP contribution is -1.98. The molecule has 0 aliphatic heterocycles. The molecule has 0 atom stereocenters. The lowest BCUT2D eigenvalue weighted by atomic mass is 9.90. The second-order valence-corrected chi connectivity index (χ2v) is 6.16. The summed E-state index contributed by atoms with van der Waals surface area (Å²) in [4.78, 5) is 0. The van der Waals surface area contributed by atoms with Gasteiger partial charge in [0.05, 0.1) is 0 Å². The molecule has 0 saturated heterocycles. The Labute approximate surface area is 126 Å². The minimum Gasteiger partial charge on any atom is -0.0802 e. The van der Waals surface area contributed by atoms with Crippen LogP contribution in [0.3, 0.4) is 0 Å². The fourth-order valence-corrected chi connectivity index (χ4v) is 3.85. The lowest BCUT2D eigenvalue weighted by Gasteiger charge is -2.14. The van der Waals surface area contributed by atoms with E-state index in [0.29, 0.717) is 5.92 Å². The smallest absolute Gasteiger partial charge is 0.0105 e. The lowest BCUT2D eigenvalue weighted by molar-refractivity contribution is 0.716. The first kappa shape index (κ1) is 12.6. The molecule has 0 heteroatoms. The zero-order valence-corrected chi connectivity index (χ0v) is 12.5. The van der Waals surface area contributed by atoms with Crippen LogP contribution in [0.25, 0.3) is 11.1 Å². The van der Waals surface area contributed by atoms with Gasteiger partial charge in [-0.3, -0.25) is 0 Å². The molecule has 2 aliphatic carbocycles. The summed E-state index contributed by atoms with van der Waals surface area (Å²) in [6.07, 6.45) is 8.16. The van der Waals surface area contributed by atoms with Crippen LogP contribution < -0.4 is 0 Å². The molecule has 0 bridgehead atoms. The molecule has 0 spiro atoms. The number of hydrogen-bond donors (Lipinski definition) is 0. The summed E-state index contributed by atoms with van der Waals surface area (Å²) in [5, 5.41) is 0. The maximum Gasteiger partial charge on any atom is 0.0105 e. The highest BCUT2D eigenvalue weighted by atomic mass is 14.3. The van der Waals surface area contributed by atoms with Gasteiger partial charge in [-0.1, -0.05) is 71.8 Å². The molecule has 0 N–H and O–H groups in total. The largest absolute Gasteiger partial charge is 0.0802 e. The Morgan fingerprint density at radius 3 is 2.10 bits per heavy atom. The van der Waals surface area contributed by atoms with E-state index in [0.717, 1.165) is 6.42 Å². The molecule has 0 nitrogen and oxygen atoms in total. The molecule has 2 aromatic rings. The molecule has 21 heavy (non-hydrogen) atoms. The highest BCUT2D eigenvalue weighted by Crippen LogP contribution is 2.47. The third kappa shape index (κ3) is 2.06. The van der Waals surface area contributed by atoms with Gasteiger partial charge in [0.15, 0.2) is 0 Å². The van der Waals surface area contributed by atoms with Crippen molar-refractivity contribution in [3.8, 4) is 11.1 Å². The number of rotatable bonds is 3. The average Bonchev–Trinajstić information content (AvgIpc) is 3.07. The molecule has 2 aliphatic rings. The third-order valence-corrected chi connectivity index (χ3v) is 4.99. The minimum atomic E-state index is 0.568. The van der Waals surface area contributed by atoms with Gasteiger partial charge in [0, 0.05) is 5.92 Å². The van der Waals surface area contributed by atoms with Crippen molar-refractivity contribution in [3.63, 3.8) is 0 Å². The van der Waals surface area contributed by atoms with E-state index in [1.165, 1.54) is 40.7 Å². The molecule has 0 fully saturated rings. The molecule has 0 saturated carbocycles. The highest BCUT2D eigenvalue weighted by molar-refractivity contribution is 5.78. The van der Waals surface area contributed by atoms with E-state index < -0.39 is 0 Å². The van der Waals surface area contributed by atoms with Crippen LogP contribution in [0.4, 0.5) is 0 Å². The summed E-state index contributed by atoms with van der Waals surface area (Å²) < 4.78 is 0. The van der Waals surface area contributed by atoms with Crippen LogP contribution in [0.2, 0.25) is 0 Å². The zero-order valence-electron chi connectivity index (χ0n) is 12.5. The summed E-state index contributed by atoms with van der Waals surface area (Å²) >= 11 is 0. The van der Waals surface area contributed by atoms with Gasteiger partial charge in [-0.15, -0.1) is 0 Å². The fourth-order valence-electron chi connectivity index (χ4n) is 3.85. The van der Waals surface area contributed by atoms with Crippen molar-refractivity contribution in [1.82, 2.24) is 0 Å². The monoisotopic (exact) mass is 272 g/mol. The minimum absolute atomic E-state index is 0.568. The van der Waals surface area contributed by atoms with Gasteiger partial charge in [-0.05, 0) is 48.4 Å². The first-order valence-electron chi connectivity index (χ1n) is 7.88. The maximum atomic E-state index is 2.31. The van der Waals surface area contributed by atoms with Crippen molar-refractivity contribution >= 4 is 0 Å². The summed E-state index contributed by atoms with van der Waals surface area (Å²) in [6, 6.07) is 17.9. The average molecular weight is 272 g/mol. The van der Waals surface area contributed by atoms with Crippen LogP contribution in [0.1, 0.15) is 43.2 Å². The molecule has 2 aromatic carbocycles. The van der Waals surface area contributed by atoms with Gasteiger partial charge in [0.2, 0.25) is 0 Å². The zero-order chi connectivity index (χ0) is 14.2. The van der Waals surface area contributed by atoms with Crippen LogP contribution in [0, 0.1) is 0 Å². The maximum absolute atomic E-state index is 2.31. The number of allylic oxidation sites excluding steroid dienone is 4. The Balaban J connectivity index is 1.67. The predicted molar refractivity (Wildman–Crippen MR) is 89.4 cm³/mol. The first-order valence-corrected chi connectivity index (χ1v) is 7.88. The van der Waals surface area contributed by atoms with Gasteiger partial charge in [-0.25, -0.2) is 0 Å². The molecular weight excluding hydrogens is 252 g/mol. The fraction of sp³-hybridized carbons (Fsp3) is 0.238. The number of benzene rings is 2. The quantitative estimate of drug-likeness (QED) is 0.657. The molecular formula is C21H20. The Morgan fingerprint density at radius 1 is 0.905 bits per heavy atom. The predicted octanol–water partition coefficient (Wildman–Crippen LogP) is 5.86. The van der Waals surface area contributed by atoms with Crippen LogP contribution in [-0.4, -0.2) is 0 Å². The molecule has 0 aromatic heterocycles. The second-order valence-electron chi connectivity index (χ2n) is 6.16. The second kappa shape index (κ2) is 5.04. The van der Waals surface area contributed by atoms with E-state index in [-0.39, 0.29) is 0 Å². The van der Waals surface area contributed by atoms with Crippen molar-refractivity contribution in [2.45, 2.75) is 32.1 Å².